The molecule has 2 nitrogen and oxygen atoms in total. The van der Waals surface area contributed by atoms with E-state index in [9.17, 15) is 0 Å². The maximum absolute atomic E-state index is 3.52. The third kappa shape index (κ3) is 3.06. The van der Waals surface area contributed by atoms with E-state index in [4.69, 9.17) is 0 Å². The minimum atomic E-state index is 0.189. The number of nitrogens with one attached hydrogen (secondary N) is 2. The van der Waals surface area contributed by atoms with Crippen molar-refractivity contribution in [2.75, 3.05) is 6.54 Å². The molecule has 0 bridgehead atoms. The Morgan fingerprint density at radius 3 is 2.81 bits per heavy atom. The molecule has 2 N–H and O–H groups in total. The van der Waals surface area contributed by atoms with Gasteiger partial charge in [0.2, 0.25) is 0 Å². The summed E-state index contributed by atoms with van der Waals surface area (Å²) in [6, 6.07) is 6.87. The first-order chi connectivity index (χ1) is 7.54. The third-order valence-corrected chi connectivity index (χ3v) is 2.98. The van der Waals surface area contributed by atoms with Crippen molar-refractivity contribution in [3.8, 4) is 0 Å². The van der Waals surface area contributed by atoms with Crippen LogP contribution in [0.1, 0.15) is 37.5 Å². The molecule has 2 heteroatoms. The van der Waals surface area contributed by atoms with Crippen molar-refractivity contribution in [1.29, 1.82) is 0 Å². The SMILES string of the molecule is CC(C)(C)NCc1ccc2c(c1)CNCC2. The van der Waals surface area contributed by atoms with Crippen LogP contribution in [0, 0.1) is 0 Å². The van der Waals surface area contributed by atoms with E-state index >= 15 is 0 Å². The zero-order valence-electron chi connectivity index (χ0n) is 10.6. The summed E-state index contributed by atoms with van der Waals surface area (Å²) in [7, 11) is 0. The van der Waals surface area contributed by atoms with E-state index in [1.165, 1.54) is 23.1 Å². The van der Waals surface area contributed by atoms with Crippen LogP contribution in [0.4, 0.5) is 0 Å². The van der Waals surface area contributed by atoms with Crippen molar-refractivity contribution in [2.45, 2.75) is 45.8 Å². The maximum Gasteiger partial charge on any atom is 0.0210 e. The van der Waals surface area contributed by atoms with Crippen molar-refractivity contribution in [3.05, 3.63) is 34.9 Å². The molecule has 1 aromatic carbocycles. The summed E-state index contributed by atoms with van der Waals surface area (Å²) < 4.78 is 0. The summed E-state index contributed by atoms with van der Waals surface area (Å²) in [6.07, 6.45) is 1.17. The second-order valence-electron chi connectivity index (χ2n) is 5.63. The highest BCUT2D eigenvalue weighted by Gasteiger charge is 2.11. The summed E-state index contributed by atoms with van der Waals surface area (Å²) in [5.41, 5.74) is 4.56. The molecule has 0 spiro atoms. The van der Waals surface area contributed by atoms with Crippen LogP contribution in [-0.4, -0.2) is 12.1 Å². The summed E-state index contributed by atoms with van der Waals surface area (Å²) in [4.78, 5) is 0. The molecular weight excluding hydrogens is 196 g/mol. The third-order valence-electron chi connectivity index (χ3n) is 2.98. The van der Waals surface area contributed by atoms with Gasteiger partial charge in [0.25, 0.3) is 0 Å². The number of benzene rings is 1. The lowest BCUT2D eigenvalue weighted by Crippen LogP contribution is -2.35. The molecule has 0 radical (unpaired) electrons. The molecule has 0 saturated carbocycles. The highest BCUT2D eigenvalue weighted by atomic mass is 14.9. The number of hydrogen-bond donors (Lipinski definition) is 2. The van der Waals surface area contributed by atoms with Gasteiger partial charge in [0.1, 0.15) is 0 Å². The summed E-state index contributed by atoms with van der Waals surface area (Å²) in [5.74, 6) is 0. The largest absolute Gasteiger partial charge is 0.312 e. The minimum absolute atomic E-state index is 0.189. The number of fused-ring (bicyclic) bond motifs is 1. The molecule has 0 amide bonds. The Morgan fingerprint density at radius 2 is 2.06 bits per heavy atom. The van der Waals surface area contributed by atoms with Crippen LogP contribution in [0.5, 0.6) is 0 Å². The van der Waals surface area contributed by atoms with Gasteiger partial charge < -0.3 is 10.6 Å². The zero-order valence-corrected chi connectivity index (χ0v) is 10.6. The second kappa shape index (κ2) is 4.56. The Kier molecular flexibility index (Phi) is 3.31. The van der Waals surface area contributed by atoms with Crippen molar-refractivity contribution in [2.24, 2.45) is 0 Å². The van der Waals surface area contributed by atoms with Gasteiger partial charge in [-0.15, -0.1) is 0 Å². The lowest BCUT2D eigenvalue weighted by Gasteiger charge is -2.22. The van der Waals surface area contributed by atoms with Gasteiger partial charge in [-0.1, -0.05) is 18.2 Å². The van der Waals surface area contributed by atoms with E-state index in [0.717, 1.165) is 19.6 Å². The number of hydrogen-bond acceptors (Lipinski definition) is 2. The first kappa shape index (κ1) is 11.6. The molecule has 2 rings (SSSR count). The predicted molar refractivity (Wildman–Crippen MR) is 68.4 cm³/mol. The molecule has 1 aliphatic rings. The van der Waals surface area contributed by atoms with E-state index in [1.54, 1.807) is 0 Å². The fraction of sp³-hybridized carbons (Fsp3) is 0.571. The molecule has 0 aromatic heterocycles. The molecule has 0 unspecified atom stereocenters. The lowest BCUT2D eigenvalue weighted by atomic mass is 9.98. The fourth-order valence-corrected chi connectivity index (χ4v) is 2.01. The Labute approximate surface area is 98.4 Å². The summed E-state index contributed by atoms with van der Waals surface area (Å²) in [6.45, 7) is 9.70. The molecule has 0 aliphatic carbocycles. The quantitative estimate of drug-likeness (QED) is 0.795. The standard InChI is InChI=1S/C14H22N2/c1-14(2,3)16-9-11-4-5-12-6-7-15-10-13(12)8-11/h4-5,8,15-16H,6-7,9-10H2,1-3H3. The topological polar surface area (TPSA) is 24.1 Å². The normalized spacial score (nSPS) is 15.9. The highest BCUT2D eigenvalue weighted by Crippen LogP contribution is 2.16. The highest BCUT2D eigenvalue weighted by molar-refractivity contribution is 5.33. The van der Waals surface area contributed by atoms with Gasteiger partial charge in [-0.25, -0.2) is 0 Å². The van der Waals surface area contributed by atoms with Crippen molar-refractivity contribution >= 4 is 0 Å². The molecule has 0 saturated heterocycles. The summed E-state index contributed by atoms with van der Waals surface area (Å²) in [5, 5.41) is 6.94. The minimum Gasteiger partial charge on any atom is -0.312 e. The molecule has 1 aliphatic heterocycles. The van der Waals surface area contributed by atoms with Crippen LogP contribution < -0.4 is 10.6 Å². The van der Waals surface area contributed by atoms with Crippen molar-refractivity contribution in [1.82, 2.24) is 10.6 Å². The first-order valence-corrected chi connectivity index (χ1v) is 6.11. The average molecular weight is 218 g/mol. The van der Waals surface area contributed by atoms with E-state index in [2.05, 4.69) is 49.6 Å². The van der Waals surface area contributed by atoms with Crippen LogP contribution in [0.15, 0.2) is 18.2 Å². The molecule has 88 valence electrons. The van der Waals surface area contributed by atoms with Crippen LogP contribution in [0.25, 0.3) is 0 Å². The molecule has 0 fully saturated rings. The average Bonchev–Trinajstić information content (AvgIpc) is 2.25. The van der Waals surface area contributed by atoms with Gasteiger partial charge >= 0.3 is 0 Å². The van der Waals surface area contributed by atoms with Crippen LogP contribution >= 0.6 is 0 Å². The van der Waals surface area contributed by atoms with Gasteiger partial charge in [-0.3, -0.25) is 0 Å². The zero-order chi connectivity index (χ0) is 11.6. The van der Waals surface area contributed by atoms with Gasteiger partial charge in [0.05, 0.1) is 0 Å². The van der Waals surface area contributed by atoms with E-state index < -0.39 is 0 Å². The Morgan fingerprint density at radius 1 is 1.25 bits per heavy atom. The van der Waals surface area contributed by atoms with Crippen LogP contribution in [0.2, 0.25) is 0 Å². The summed E-state index contributed by atoms with van der Waals surface area (Å²) >= 11 is 0. The molecule has 1 aromatic rings. The smallest absolute Gasteiger partial charge is 0.0210 e. The van der Waals surface area contributed by atoms with Crippen molar-refractivity contribution in [3.63, 3.8) is 0 Å². The van der Waals surface area contributed by atoms with Gasteiger partial charge in [0, 0.05) is 18.6 Å². The maximum atomic E-state index is 3.52. The van der Waals surface area contributed by atoms with E-state index in [-0.39, 0.29) is 5.54 Å². The van der Waals surface area contributed by atoms with Crippen molar-refractivity contribution < 1.29 is 0 Å². The molecule has 1 heterocycles. The predicted octanol–water partition coefficient (Wildman–Crippen LogP) is 2.22. The molecular formula is C14H22N2. The molecule has 16 heavy (non-hydrogen) atoms. The first-order valence-electron chi connectivity index (χ1n) is 6.11. The van der Waals surface area contributed by atoms with Crippen LogP contribution in [-0.2, 0) is 19.5 Å². The monoisotopic (exact) mass is 218 g/mol. The second-order valence-corrected chi connectivity index (χ2v) is 5.63. The van der Waals surface area contributed by atoms with Gasteiger partial charge in [0.15, 0.2) is 0 Å². The number of rotatable bonds is 2. The van der Waals surface area contributed by atoms with Gasteiger partial charge in [-0.05, 0) is 50.4 Å². The lowest BCUT2D eigenvalue weighted by molar-refractivity contribution is 0.424. The Bertz CT molecular complexity index is 363. The van der Waals surface area contributed by atoms with E-state index in [1.807, 2.05) is 0 Å². The Balaban J connectivity index is 2.06. The van der Waals surface area contributed by atoms with E-state index in [0.29, 0.717) is 0 Å². The molecule has 0 atom stereocenters. The van der Waals surface area contributed by atoms with Crippen LogP contribution in [0.3, 0.4) is 0 Å². The van der Waals surface area contributed by atoms with Gasteiger partial charge in [-0.2, -0.15) is 0 Å². The Hall–Kier alpha value is -0.860. The fourth-order valence-electron chi connectivity index (χ4n) is 2.01.